The molecule has 0 saturated carbocycles. The van der Waals surface area contributed by atoms with Crippen LogP contribution in [-0.4, -0.2) is 53.9 Å². The van der Waals surface area contributed by atoms with Crippen LogP contribution in [0.2, 0.25) is 0 Å². The van der Waals surface area contributed by atoms with Gasteiger partial charge in [-0.1, -0.05) is 0 Å². The Bertz CT molecular complexity index is 1350. The van der Waals surface area contributed by atoms with Crippen molar-refractivity contribution in [3.05, 3.63) is 41.8 Å². The van der Waals surface area contributed by atoms with E-state index in [4.69, 9.17) is 0 Å². The molecular formula is C14H9N11O2S. The van der Waals surface area contributed by atoms with Crippen LogP contribution in [0.15, 0.2) is 41.7 Å². The van der Waals surface area contributed by atoms with Crippen molar-refractivity contribution in [2.75, 3.05) is 0 Å². The van der Waals surface area contributed by atoms with E-state index >= 15 is 0 Å². The Balaban J connectivity index is 1.72. The molecule has 0 amide bonds. The Morgan fingerprint density at radius 3 is 2.71 bits per heavy atom. The fourth-order valence-corrected chi connectivity index (χ4v) is 3.72. The SMILES string of the molecule is Cn1cnc([N+](=O)[O-])c1Sc1ncnc2ncn(-c3ncnc4nc[nH]c34)c12. The molecule has 0 unspecified atom stereocenters. The van der Waals surface area contributed by atoms with Gasteiger partial charge < -0.3 is 19.7 Å². The lowest BCUT2D eigenvalue weighted by Crippen LogP contribution is -2.01. The number of aromatic amines is 1. The molecule has 0 fully saturated rings. The standard InChI is InChI=1S/C14H9N11O2S/c1-23-5-22-12(25(26)27)14(23)28-13-8-10(18-4-20-13)21-6-24(8)11-7-9(16-2-15-7)17-3-19-11/h2-6H,1H3,(H,15,16,17,19). The second kappa shape index (κ2) is 6.05. The van der Waals surface area contributed by atoms with Crippen molar-refractivity contribution >= 4 is 39.9 Å². The number of fused-ring (bicyclic) bond motifs is 2. The van der Waals surface area contributed by atoms with Crippen LogP contribution in [0, 0.1) is 10.1 Å². The van der Waals surface area contributed by atoms with E-state index in [1.807, 2.05) is 0 Å². The normalized spacial score (nSPS) is 11.5. The van der Waals surface area contributed by atoms with E-state index in [0.717, 1.165) is 11.8 Å². The van der Waals surface area contributed by atoms with Crippen molar-refractivity contribution in [1.82, 2.24) is 49.0 Å². The molecule has 28 heavy (non-hydrogen) atoms. The van der Waals surface area contributed by atoms with Gasteiger partial charge in [0.25, 0.3) is 0 Å². The summed E-state index contributed by atoms with van der Waals surface area (Å²) in [6.07, 6.45) is 7.22. The smallest absolute Gasteiger partial charge is 0.358 e. The van der Waals surface area contributed by atoms with Gasteiger partial charge in [-0.05, 0) is 21.7 Å². The highest BCUT2D eigenvalue weighted by Gasteiger charge is 2.24. The average Bonchev–Trinajstić information content (AvgIpc) is 3.40. The van der Waals surface area contributed by atoms with Gasteiger partial charge in [0.1, 0.15) is 35.0 Å². The number of rotatable bonds is 4. The Labute approximate surface area is 159 Å². The van der Waals surface area contributed by atoms with Crippen molar-refractivity contribution in [3.8, 4) is 5.82 Å². The molecule has 0 aromatic carbocycles. The Hall–Kier alpha value is -3.94. The first-order valence-electron chi connectivity index (χ1n) is 7.79. The van der Waals surface area contributed by atoms with Crippen LogP contribution in [0.3, 0.4) is 0 Å². The zero-order valence-electron chi connectivity index (χ0n) is 14.1. The molecule has 5 aromatic rings. The molecule has 0 saturated heterocycles. The minimum Gasteiger partial charge on any atom is -0.358 e. The molecule has 5 heterocycles. The highest BCUT2D eigenvalue weighted by atomic mass is 32.2. The van der Waals surface area contributed by atoms with E-state index in [1.54, 1.807) is 22.5 Å². The molecule has 0 aliphatic carbocycles. The molecule has 0 aliphatic heterocycles. The lowest BCUT2D eigenvalue weighted by Gasteiger charge is -2.07. The van der Waals surface area contributed by atoms with E-state index in [1.165, 1.54) is 25.3 Å². The first-order chi connectivity index (χ1) is 13.6. The van der Waals surface area contributed by atoms with Crippen molar-refractivity contribution in [2.24, 2.45) is 7.05 Å². The average molecular weight is 395 g/mol. The topological polar surface area (TPSA) is 159 Å². The van der Waals surface area contributed by atoms with Crippen LogP contribution in [0.1, 0.15) is 0 Å². The molecule has 5 aromatic heterocycles. The van der Waals surface area contributed by atoms with Crippen LogP contribution in [0.5, 0.6) is 0 Å². The van der Waals surface area contributed by atoms with Gasteiger partial charge in [-0.15, -0.1) is 0 Å². The van der Waals surface area contributed by atoms with E-state index in [-0.39, 0.29) is 5.82 Å². The lowest BCUT2D eigenvalue weighted by molar-refractivity contribution is -0.392. The highest BCUT2D eigenvalue weighted by Crippen LogP contribution is 2.36. The molecule has 5 rings (SSSR count). The van der Waals surface area contributed by atoms with Gasteiger partial charge in [0.2, 0.25) is 6.33 Å². The number of H-pyrrole nitrogens is 1. The third-order valence-corrected chi connectivity index (χ3v) is 5.12. The van der Waals surface area contributed by atoms with E-state index in [2.05, 4.69) is 39.9 Å². The molecule has 0 radical (unpaired) electrons. The molecule has 0 atom stereocenters. The fraction of sp³-hybridized carbons (Fsp3) is 0.0714. The number of imidazole rings is 3. The maximum absolute atomic E-state index is 11.3. The molecule has 0 spiro atoms. The maximum atomic E-state index is 11.3. The first-order valence-corrected chi connectivity index (χ1v) is 8.61. The fourth-order valence-electron chi connectivity index (χ4n) is 2.74. The third-order valence-electron chi connectivity index (χ3n) is 3.97. The van der Waals surface area contributed by atoms with Gasteiger partial charge in [-0.25, -0.2) is 29.9 Å². The summed E-state index contributed by atoms with van der Waals surface area (Å²) in [5.41, 5.74) is 2.10. The van der Waals surface area contributed by atoms with Crippen LogP contribution in [0.25, 0.3) is 28.1 Å². The Kier molecular flexibility index (Phi) is 3.51. The van der Waals surface area contributed by atoms with Crippen LogP contribution in [-0.2, 0) is 7.05 Å². The molecule has 0 bridgehead atoms. The van der Waals surface area contributed by atoms with Crippen molar-refractivity contribution < 1.29 is 4.92 Å². The summed E-state index contributed by atoms with van der Waals surface area (Å²) in [5.74, 6) is 0.268. The second-order valence-electron chi connectivity index (χ2n) is 5.61. The second-order valence-corrected chi connectivity index (χ2v) is 6.58. The maximum Gasteiger partial charge on any atom is 0.396 e. The molecule has 14 heteroatoms. The molecule has 1 N–H and O–H groups in total. The number of nitrogens with zero attached hydrogens (tertiary/aromatic N) is 10. The Morgan fingerprint density at radius 2 is 1.86 bits per heavy atom. The van der Waals surface area contributed by atoms with E-state index < -0.39 is 4.92 Å². The van der Waals surface area contributed by atoms with Crippen molar-refractivity contribution in [2.45, 2.75) is 10.1 Å². The largest absolute Gasteiger partial charge is 0.396 e. The monoisotopic (exact) mass is 395 g/mol. The van der Waals surface area contributed by atoms with Crippen LogP contribution >= 0.6 is 11.8 Å². The number of hydrogen-bond acceptors (Lipinski definition) is 10. The third kappa shape index (κ3) is 2.38. The summed E-state index contributed by atoms with van der Waals surface area (Å²) in [4.78, 5) is 42.9. The molecular weight excluding hydrogens is 386 g/mol. The minimum atomic E-state index is -0.531. The summed E-state index contributed by atoms with van der Waals surface area (Å²) in [6, 6.07) is 0. The summed E-state index contributed by atoms with van der Waals surface area (Å²) >= 11 is 1.10. The Morgan fingerprint density at radius 1 is 1.04 bits per heavy atom. The van der Waals surface area contributed by atoms with Crippen molar-refractivity contribution in [1.29, 1.82) is 0 Å². The predicted molar refractivity (Wildman–Crippen MR) is 95.9 cm³/mol. The zero-order chi connectivity index (χ0) is 19.3. The minimum absolute atomic E-state index is 0.247. The number of nitrogens with one attached hydrogen (secondary N) is 1. The number of hydrogen-bond donors (Lipinski definition) is 1. The lowest BCUT2D eigenvalue weighted by atomic mass is 10.4. The van der Waals surface area contributed by atoms with E-state index in [9.17, 15) is 10.1 Å². The van der Waals surface area contributed by atoms with Gasteiger partial charge in [0.15, 0.2) is 22.1 Å². The van der Waals surface area contributed by atoms with Gasteiger partial charge in [-0.3, -0.25) is 4.57 Å². The quantitative estimate of drug-likeness (QED) is 0.267. The first kappa shape index (κ1) is 16.2. The van der Waals surface area contributed by atoms with Gasteiger partial charge in [-0.2, -0.15) is 0 Å². The van der Waals surface area contributed by atoms with Crippen molar-refractivity contribution in [3.63, 3.8) is 0 Å². The number of aryl methyl sites for hydroxylation is 1. The summed E-state index contributed by atoms with van der Waals surface area (Å²) in [6.45, 7) is 0. The number of aromatic nitrogens is 10. The number of nitro groups is 1. The summed E-state index contributed by atoms with van der Waals surface area (Å²) in [7, 11) is 1.68. The van der Waals surface area contributed by atoms with E-state index in [0.29, 0.717) is 38.2 Å². The molecule has 0 aliphatic rings. The summed E-state index contributed by atoms with van der Waals surface area (Å²) in [5, 5.41) is 12.1. The molecule has 138 valence electrons. The zero-order valence-corrected chi connectivity index (χ0v) is 14.9. The van der Waals surface area contributed by atoms with Gasteiger partial charge in [0.05, 0.1) is 6.33 Å². The van der Waals surface area contributed by atoms with Crippen LogP contribution < -0.4 is 0 Å². The highest BCUT2D eigenvalue weighted by molar-refractivity contribution is 7.99. The predicted octanol–water partition coefficient (Wildman–Crippen LogP) is 1.27. The van der Waals surface area contributed by atoms with Gasteiger partial charge >= 0.3 is 5.82 Å². The molecule has 13 nitrogen and oxygen atoms in total. The van der Waals surface area contributed by atoms with Gasteiger partial charge in [0, 0.05) is 7.05 Å². The van der Waals surface area contributed by atoms with Crippen LogP contribution in [0.4, 0.5) is 5.82 Å². The summed E-state index contributed by atoms with van der Waals surface area (Å²) < 4.78 is 3.26.